The number of hydrogen-bond acceptors (Lipinski definition) is 3. The molecule has 0 saturated carbocycles. The maximum atomic E-state index is 10.9. The zero-order chi connectivity index (χ0) is 14.1. The molecular weight excluding hydrogens is 266 g/mol. The standard InChI is InChI=1S/C14H16ClNO3/c1-2-14(18)16-7-3-4-8-19-13-6-5-12(15)9-11(13)10-17/h2,5-6,9-10H,1,3-4,7-8H2,(H,16,18). The lowest BCUT2D eigenvalue weighted by atomic mass is 10.2. The van der Waals surface area contributed by atoms with Crippen LogP contribution in [0, 0.1) is 0 Å². The van der Waals surface area contributed by atoms with Crippen LogP contribution in [0.3, 0.4) is 0 Å². The first-order valence-electron chi connectivity index (χ1n) is 5.95. The molecule has 1 aromatic rings. The van der Waals surface area contributed by atoms with E-state index in [4.69, 9.17) is 16.3 Å². The molecule has 0 atom stereocenters. The first-order chi connectivity index (χ1) is 9.17. The van der Waals surface area contributed by atoms with Crippen LogP contribution < -0.4 is 10.1 Å². The Morgan fingerprint density at radius 2 is 2.21 bits per heavy atom. The number of hydrogen-bond donors (Lipinski definition) is 1. The molecule has 0 aliphatic heterocycles. The molecule has 1 rings (SSSR count). The van der Waals surface area contributed by atoms with Gasteiger partial charge in [-0.3, -0.25) is 9.59 Å². The van der Waals surface area contributed by atoms with E-state index in [1.54, 1.807) is 18.2 Å². The third-order valence-corrected chi connectivity index (χ3v) is 2.65. The van der Waals surface area contributed by atoms with Gasteiger partial charge in [-0.2, -0.15) is 0 Å². The molecule has 1 aromatic carbocycles. The number of rotatable bonds is 8. The van der Waals surface area contributed by atoms with Gasteiger partial charge >= 0.3 is 0 Å². The largest absolute Gasteiger partial charge is 0.493 e. The van der Waals surface area contributed by atoms with E-state index in [-0.39, 0.29) is 5.91 Å². The van der Waals surface area contributed by atoms with Gasteiger partial charge in [-0.25, -0.2) is 0 Å². The summed E-state index contributed by atoms with van der Waals surface area (Å²) in [6.45, 7) is 4.42. The van der Waals surface area contributed by atoms with Crippen LogP contribution in [-0.2, 0) is 4.79 Å². The Bertz CT molecular complexity index is 460. The number of nitrogens with one attached hydrogen (secondary N) is 1. The van der Waals surface area contributed by atoms with Crippen molar-refractivity contribution in [1.29, 1.82) is 0 Å². The SMILES string of the molecule is C=CC(=O)NCCCCOc1ccc(Cl)cc1C=O. The van der Waals surface area contributed by atoms with E-state index in [2.05, 4.69) is 11.9 Å². The van der Waals surface area contributed by atoms with Gasteiger partial charge in [-0.05, 0) is 37.1 Å². The first-order valence-corrected chi connectivity index (χ1v) is 6.33. The van der Waals surface area contributed by atoms with Crippen molar-refractivity contribution in [3.63, 3.8) is 0 Å². The topological polar surface area (TPSA) is 55.4 Å². The number of unbranched alkanes of at least 4 members (excludes halogenated alkanes) is 1. The third kappa shape index (κ3) is 5.57. The van der Waals surface area contributed by atoms with Gasteiger partial charge in [0.05, 0.1) is 12.2 Å². The van der Waals surface area contributed by atoms with Gasteiger partial charge in [0.1, 0.15) is 5.75 Å². The quantitative estimate of drug-likeness (QED) is 0.453. The number of carbonyl (C=O) groups excluding carboxylic acids is 2. The molecule has 19 heavy (non-hydrogen) atoms. The van der Waals surface area contributed by atoms with Crippen molar-refractivity contribution in [1.82, 2.24) is 5.32 Å². The molecule has 1 N–H and O–H groups in total. The lowest BCUT2D eigenvalue weighted by Gasteiger charge is -2.08. The highest BCUT2D eigenvalue weighted by Crippen LogP contribution is 2.21. The molecule has 102 valence electrons. The lowest BCUT2D eigenvalue weighted by Crippen LogP contribution is -2.22. The van der Waals surface area contributed by atoms with Crippen molar-refractivity contribution in [2.24, 2.45) is 0 Å². The van der Waals surface area contributed by atoms with Gasteiger partial charge in [0.25, 0.3) is 0 Å². The summed E-state index contributed by atoms with van der Waals surface area (Å²) in [4.78, 5) is 21.7. The van der Waals surface area contributed by atoms with E-state index in [0.717, 1.165) is 12.8 Å². The Hall–Kier alpha value is -1.81. The summed E-state index contributed by atoms with van der Waals surface area (Å²) >= 11 is 5.78. The van der Waals surface area contributed by atoms with Crippen LogP contribution in [0.25, 0.3) is 0 Å². The van der Waals surface area contributed by atoms with Gasteiger partial charge < -0.3 is 10.1 Å². The Morgan fingerprint density at radius 1 is 1.42 bits per heavy atom. The number of carbonyl (C=O) groups is 2. The van der Waals surface area contributed by atoms with Gasteiger partial charge in [0, 0.05) is 11.6 Å². The number of benzene rings is 1. The zero-order valence-electron chi connectivity index (χ0n) is 10.5. The molecule has 0 fully saturated rings. The third-order valence-electron chi connectivity index (χ3n) is 2.41. The van der Waals surface area contributed by atoms with Crippen LogP contribution in [-0.4, -0.2) is 25.3 Å². The second-order valence-corrected chi connectivity index (χ2v) is 4.29. The monoisotopic (exact) mass is 281 g/mol. The molecule has 0 aliphatic rings. The molecule has 5 heteroatoms. The van der Waals surface area contributed by atoms with Crippen LogP contribution in [0.2, 0.25) is 5.02 Å². The molecular formula is C14H16ClNO3. The predicted molar refractivity (Wildman–Crippen MR) is 74.8 cm³/mol. The number of ether oxygens (including phenoxy) is 1. The molecule has 4 nitrogen and oxygen atoms in total. The maximum Gasteiger partial charge on any atom is 0.243 e. The molecule has 0 aliphatic carbocycles. The smallest absolute Gasteiger partial charge is 0.243 e. The maximum absolute atomic E-state index is 10.9. The predicted octanol–water partition coefficient (Wildman–Crippen LogP) is 2.61. The van der Waals surface area contributed by atoms with Crippen LogP contribution in [0.15, 0.2) is 30.9 Å². The first kappa shape index (κ1) is 15.2. The summed E-state index contributed by atoms with van der Waals surface area (Å²) in [5.41, 5.74) is 0.437. The molecule has 0 saturated heterocycles. The summed E-state index contributed by atoms with van der Waals surface area (Å²) in [6, 6.07) is 4.91. The molecule has 0 heterocycles. The minimum atomic E-state index is -0.179. The van der Waals surface area contributed by atoms with Crippen molar-refractivity contribution in [2.45, 2.75) is 12.8 Å². The molecule has 1 amide bonds. The van der Waals surface area contributed by atoms with E-state index in [1.807, 2.05) is 0 Å². The molecule has 0 bridgehead atoms. The number of amides is 1. The fourth-order valence-corrected chi connectivity index (χ4v) is 1.62. The Kier molecular flexibility index (Phi) is 6.68. The Morgan fingerprint density at radius 3 is 2.89 bits per heavy atom. The van der Waals surface area contributed by atoms with Crippen molar-refractivity contribution in [3.8, 4) is 5.75 Å². The summed E-state index contributed by atoms with van der Waals surface area (Å²) in [7, 11) is 0. The van der Waals surface area contributed by atoms with E-state index in [9.17, 15) is 9.59 Å². The second-order valence-electron chi connectivity index (χ2n) is 3.85. The summed E-state index contributed by atoms with van der Waals surface area (Å²) < 4.78 is 5.49. The summed E-state index contributed by atoms with van der Waals surface area (Å²) in [6.07, 6.45) is 3.52. The van der Waals surface area contributed by atoms with Crippen LogP contribution in [0.4, 0.5) is 0 Å². The van der Waals surface area contributed by atoms with Crippen LogP contribution in [0.5, 0.6) is 5.75 Å². The highest BCUT2D eigenvalue weighted by molar-refractivity contribution is 6.30. The molecule has 0 radical (unpaired) electrons. The average molecular weight is 282 g/mol. The van der Waals surface area contributed by atoms with E-state index in [1.165, 1.54) is 6.08 Å². The van der Waals surface area contributed by atoms with Gasteiger partial charge in [0.2, 0.25) is 5.91 Å². The molecule has 0 spiro atoms. The van der Waals surface area contributed by atoms with Gasteiger partial charge in [0.15, 0.2) is 6.29 Å². The second kappa shape index (κ2) is 8.32. The zero-order valence-corrected chi connectivity index (χ0v) is 11.3. The highest BCUT2D eigenvalue weighted by atomic mass is 35.5. The minimum Gasteiger partial charge on any atom is -0.493 e. The fourth-order valence-electron chi connectivity index (χ4n) is 1.44. The molecule has 0 unspecified atom stereocenters. The van der Waals surface area contributed by atoms with Crippen LogP contribution >= 0.6 is 11.6 Å². The van der Waals surface area contributed by atoms with Gasteiger partial charge in [-0.1, -0.05) is 18.2 Å². The lowest BCUT2D eigenvalue weighted by molar-refractivity contribution is -0.116. The number of aldehydes is 1. The van der Waals surface area contributed by atoms with E-state index >= 15 is 0 Å². The van der Waals surface area contributed by atoms with E-state index < -0.39 is 0 Å². The van der Waals surface area contributed by atoms with Crippen molar-refractivity contribution in [3.05, 3.63) is 41.4 Å². The normalized spacial score (nSPS) is 9.74. The Balaban J connectivity index is 2.28. The number of halogens is 1. The minimum absolute atomic E-state index is 0.179. The van der Waals surface area contributed by atoms with Gasteiger partial charge in [-0.15, -0.1) is 0 Å². The van der Waals surface area contributed by atoms with Crippen molar-refractivity contribution in [2.75, 3.05) is 13.2 Å². The highest BCUT2D eigenvalue weighted by Gasteiger charge is 2.03. The van der Waals surface area contributed by atoms with Crippen molar-refractivity contribution >= 4 is 23.8 Å². The van der Waals surface area contributed by atoms with Crippen LogP contribution in [0.1, 0.15) is 23.2 Å². The summed E-state index contributed by atoms with van der Waals surface area (Å²) in [5, 5.41) is 3.18. The fraction of sp³-hybridized carbons (Fsp3) is 0.286. The molecule has 0 aromatic heterocycles. The Labute approximate surface area is 117 Å². The summed E-state index contributed by atoms with van der Waals surface area (Å²) in [5.74, 6) is 0.344. The van der Waals surface area contributed by atoms with E-state index in [0.29, 0.717) is 35.8 Å². The van der Waals surface area contributed by atoms with Crippen molar-refractivity contribution < 1.29 is 14.3 Å². The average Bonchev–Trinajstić information content (AvgIpc) is 2.43.